The highest BCUT2D eigenvalue weighted by Gasteiger charge is 2.37. The van der Waals surface area contributed by atoms with E-state index in [0.29, 0.717) is 16.5 Å². The second-order valence-electron chi connectivity index (χ2n) is 6.04. The van der Waals surface area contributed by atoms with Crippen molar-refractivity contribution in [1.82, 2.24) is 4.90 Å². The van der Waals surface area contributed by atoms with E-state index in [-0.39, 0.29) is 12.1 Å². The van der Waals surface area contributed by atoms with Crippen LogP contribution in [0.15, 0.2) is 48.5 Å². The van der Waals surface area contributed by atoms with Gasteiger partial charge in [0.1, 0.15) is 0 Å². The molecule has 0 saturated carbocycles. The number of urea groups is 1. The molecule has 0 saturated heterocycles. The van der Waals surface area contributed by atoms with Crippen molar-refractivity contribution in [3.8, 4) is 6.07 Å². The Morgan fingerprint density at radius 1 is 1.13 bits per heavy atom. The zero-order chi connectivity index (χ0) is 23.1. The summed E-state index contributed by atoms with van der Waals surface area (Å²) >= 11 is 0. The number of carbonyl (C=O) groups is 2. The monoisotopic (exact) mass is 421 g/mol. The van der Waals surface area contributed by atoms with Crippen molar-refractivity contribution >= 4 is 18.1 Å². The van der Waals surface area contributed by atoms with E-state index in [1.165, 1.54) is 20.0 Å². The van der Waals surface area contributed by atoms with Gasteiger partial charge in [-0.2, -0.15) is 18.4 Å². The first kappa shape index (κ1) is 24.7. The van der Waals surface area contributed by atoms with Crippen LogP contribution in [0, 0.1) is 11.3 Å². The molecule has 0 spiro atoms. The second-order valence-corrected chi connectivity index (χ2v) is 6.04. The van der Waals surface area contributed by atoms with Gasteiger partial charge in [0, 0.05) is 12.6 Å². The van der Waals surface area contributed by atoms with Crippen LogP contribution in [-0.4, -0.2) is 29.5 Å². The highest BCUT2D eigenvalue weighted by atomic mass is 19.4. The van der Waals surface area contributed by atoms with Crippen LogP contribution in [-0.2, 0) is 16.7 Å². The summed E-state index contributed by atoms with van der Waals surface area (Å²) in [6, 6.07) is 10.9. The molecule has 30 heavy (non-hydrogen) atoms. The van der Waals surface area contributed by atoms with Crippen molar-refractivity contribution in [1.29, 1.82) is 5.26 Å². The van der Waals surface area contributed by atoms with Gasteiger partial charge in [-0.3, -0.25) is 9.69 Å². The summed E-state index contributed by atoms with van der Waals surface area (Å²) < 4.78 is 39.5. The summed E-state index contributed by atoms with van der Waals surface area (Å²) in [5.41, 5.74) is -3.79. The van der Waals surface area contributed by atoms with E-state index in [4.69, 9.17) is 5.26 Å². The Morgan fingerprint density at radius 3 is 2.17 bits per heavy atom. The molecule has 9 heteroatoms. The molecule has 1 atom stereocenters. The van der Waals surface area contributed by atoms with E-state index in [1.54, 1.807) is 30.3 Å². The summed E-state index contributed by atoms with van der Waals surface area (Å²) in [4.78, 5) is 25.5. The minimum absolute atomic E-state index is 0.0431. The van der Waals surface area contributed by atoms with E-state index >= 15 is 0 Å². The number of anilines is 1. The number of aliphatic hydroxyl groups is 1. The molecule has 1 N–H and O–H groups in total. The first-order valence-corrected chi connectivity index (χ1v) is 8.95. The zero-order valence-corrected chi connectivity index (χ0v) is 16.9. The van der Waals surface area contributed by atoms with Crippen LogP contribution in [0.3, 0.4) is 0 Å². The third kappa shape index (κ3) is 5.15. The number of carbonyl (C=O) groups excluding carboxylic acids is 2. The summed E-state index contributed by atoms with van der Waals surface area (Å²) in [6.45, 7) is 5.31. The number of hydrogen-bond donors (Lipinski definition) is 1. The number of amides is 3. The molecule has 6 nitrogen and oxygen atoms in total. The maximum Gasteiger partial charge on any atom is 0.417 e. The number of halogens is 3. The minimum Gasteiger partial charge on any atom is -0.367 e. The Labute approximate surface area is 172 Å². The van der Waals surface area contributed by atoms with Gasteiger partial charge in [-0.25, -0.2) is 9.69 Å². The second kappa shape index (κ2) is 9.89. The minimum atomic E-state index is -4.85. The molecular formula is C21H22F3N3O3. The molecule has 2 rings (SSSR count). The van der Waals surface area contributed by atoms with Crippen molar-refractivity contribution < 1.29 is 27.9 Å². The Kier molecular flexibility index (Phi) is 8.13. The fourth-order valence-electron chi connectivity index (χ4n) is 2.53. The number of rotatable bonds is 4. The average molecular weight is 421 g/mol. The molecule has 2 aromatic rings. The third-order valence-electron chi connectivity index (χ3n) is 4.28. The van der Waals surface area contributed by atoms with Gasteiger partial charge in [-0.05, 0) is 25.1 Å². The number of nitriles is 1. The van der Waals surface area contributed by atoms with Crippen molar-refractivity contribution in [3.63, 3.8) is 0 Å². The molecule has 2 aromatic carbocycles. The van der Waals surface area contributed by atoms with Gasteiger partial charge in [0.05, 0.1) is 22.9 Å². The fourth-order valence-corrected chi connectivity index (χ4v) is 2.53. The summed E-state index contributed by atoms with van der Waals surface area (Å²) in [6.07, 6.45) is -4.80. The fraction of sp³-hybridized carbons (Fsp3) is 0.286. The molecule has 0 aliphatic rings. The standard InChI is InChI=1S/C19H16F3N3O3.C2H6/c1-18(28,14-6-4-3-5-7-14)24(2)17(27)25(12-26)15-9-8-13(11-23)16(10-15)19(20,21)22;1-2/h3-10,12,28H,1-2H3;1-2H3. The van der Waals surface area contributed by atoms with Crippen LogP contribution < -0.4 is 4.90 Å². The lowest BCUT2D eigenvalue weighted by Crippen LogP contribution is -2.50. The molecule has 3 amide bonds. The van der Waals surface area contributed by atoms with E-state index in [2.05, 4.69) is 0 Å². The molecule has 0 heterocycles. The molecule has 0 bridgehead atoms. The van der Waals surface area contributed by atoms with Crippen molar-refractivity contribution in [2.24, 2.45) is 0 Å². The number of hydrogen-bond acceptors (Lipinski definition) is 4. The Hall–Kier alpha value is -3.38. The Balaban J connectivity index is 0.00000218. The number of benzene rings is 2. The maximum atomic E-state index is 13.2. The number of imide groups is 1. The van der Waals surface area contributed by atoms with Crippen LogP contribution in [0.2, 0.25) is 0 Å². The normalized spacial score (nSPS) is 12.5. The largest absolute Gasteiger partial charge is 0.417 e. The van der Waals surface area contributed by atoms with Crippen LogP contribution in [0.1, 0.15) is 37.5 Å². The molecule has 0 aliphatic heterocycles. The smallest absolute Gasteiger partial charge is 0.367 e. The molecule has 0 fully saturated rings. The van der Waals surface area contributed by atoms with Gasteiger partial charge in [0.25, 0.3) is 0 Å². The topological polar surface area (TPSA) is 84.6 Å². The molecule has 0 aromatic heterocycles. The predicted molar refractivity (Wildman–Crippen MR) is 105 cm³/mol. The van der Waals surface area contributed by atoms with E-state index in [1.807, 2.05) is 13.8 Å². The molecule has 0 aliphatic carbocycles. The van der Waals surface area contributed by atoms with Gasteiger partial charge in [-0.15, -0.1) is 0 Å². The quantitative estimate of drug-likeness (QED) is 0.583. The zero-order valence-electron chi connectivity index (χ0n) is 16.9. The van der Waals surface area contributed by atoms with Crippen molar-refractivity contribution in [2.75, 3.05) is 11.9 Å². The molecule has 0 radical (unpaired) electrons. The Morgan fingerprint density at radius 2 is 1.70 bits per heavy atom. The lowest BCUT2D eigenvalue weighted by Gasteiger charge is -2.36. The van der Waals surface area contributed by atoms with E-state index in [9.17, 15) is 27.9 Å². The highest BCUT2D eigenvalue weighted by molar-refractivity contribution is 6.06. The lowest BCUT2D eigenvalue weighted by atomic mass is 10.0. The lowest BCUT2D eigenvalue weighted by molar-refractivity contribution is -0.137. The molecule has 160 valence electrons. The van der Waals surface area contributed by atoms with Gasteiger partial charge in [0.15, 0.2) is 5.72 Å². The van der Waals surface area contributed by atoms with Crippen molar-refractivity contribution in [3.05, 3.63) is 65.2 Å². The molecule has 1 unspecified atom stereocenters. The van der Waals surface area contributed by atoms with E-state index < -0.39 is 29.1 Å². The third-order valence-corrected chi connectivity index (χ3v) is 4.28. The Bertz CT molecular complexity index is 923. The summed E-state index contributed by atoms with van der Waals surface area (Å²) in [7, 11) is 1.21. The van der Waals surface area contributed by atoms with Gasteiger partial charge < -0.3 is 5.11 Å². The van der Waals surface area contributed by atoms with E-state index in [0.717, 1.165) is 17.0 Å². The summed E-state index contributed by atoms with van der Waals surface area (Å²) in [5.74, 6) is 0. The maximum absolute atomic E-state index is 13.2. The SMILES string of the molecule is CC.CN(C(=O)N(C=O)c1ccc(C#N)c(C(F)(F)F)c1)C(C)(O)c1ccccc1. The first-order valence-electron chi connectivity index (χ1n) is 8.95. The van der Waals surface area contributed by atoms with Crippen LogP contribution in [0.25, 0.3) is 0 Å². The van der Waals surface area contributed by atoms with Crippen LogP contribution >= 0.6 is 0 Å². The number of alkyl halides is 3. The van der Waals surface area contributed by atoms with Gasteiger partial charge >= 0.3 is 12.2 Å². The van der Waals surface area contributed by atoms with Gasteiger partial charge in [0.2, 0.25) is 6.41 Å². The average Bonchev–Trinajstić information content (AvgIpc) is 2.74. The molecular weight excluding hydrogens is 399 g/mol. The highest BCUT2D eigenvalue weighted by Crippen LogP contribution is 2.35. The summed E-state index contributed by atoms with van der Waals surface area (Å²) in [5, 5.41) is 19.6. The van der Waals surface area contributed by atoms with Gasteiger partial charge in [-0.1, -0.05) is 44.2 Å². The van der Waals surface area contributed by atoms with Crippen LogP contribution in [0.5, 0.6) is 0 Å². The first-order chi connectivity index (χ1) is 14.0. The van der Waals surface area contributed by atoms with Crippen molar-refractivity contribution in [2.45, 2.75) is 32.7 Å². The number of nitrogens with zero attached hydrogens (tertiary/aromatic N) is 3. The van der Waals surface area contributed by atoms with Crippen LogP contribution in [0.4, 0.5) is 23.7 Å². The predicted octanol–water partition coefficient (Wildman–Crippen LogP) is 4.48.